The van der Waals surface area contributed by atoms with Gasteiger partial charge in [-0.25, -0.2) is 0 Å². The molecular weight excluding hydrogens is 323 g/mol. The molecule has 132 valence electrons. The van der Waals surface area contributed by atoms with Crippen LogP contribution in [0.5, 0.6) is 0 Å². The zero-order chi connectivity index (χ0) is 17.1. The molecule has 0 aromatic rings. The molecule has 0 aromatic heterocycles. The first-order chi connectivity index (χ1) is 10.2. The maximum atomic E-state index is 12.6. The summed E-state index contributed by atoms with van der Waals surface area (Å²) in [7, 11) is 0. The maximum Gasteiger partial charge on any atom is 0.453 e. The zero-order valence-electron chi connectivity index (χ0n) is 13.0. The molecule has 0 rings (SSSR count). The molecule has 0 heterocycles. The van der Waals surface area contributed by atoms with Crippen molar-refractivity contribution in [2.75, 3.05) is 6.61 Å². The summed E-state index contributed by atoms with van der Waals surface area (Å²) >= 11 is 4.78. The van der Waals surface area contributed by atoms with Crippen molar-refractivity contribution < 1.29 is 26.7 Å². The van der Waals surface area contributed by atoms with E-state index in [1.165, 1.54) is 0 Å². The standard InChI is InChI=1S/C15H25F5OS/c1-13(22)21-12-10-8-6-4-2-3-5-7-9-11-14(16,17)15(18,19)20/h2-12H2,1H3. The summed E-state index contributed by atoms with van der Waals surface area (Å²) in [6.45, 7) is 2.38. The number of ether oxygens (including phenoxy) is 1. The van der Waals surface area contributed by atoms with Crippen molar-refractivity contribution in [3.05, 3.63) is 0 Å². The second-order valence-corrected chi connectivity index (χ2v) is 6.05. The third kappa shape index (κ3) is 11.2. The van der Waals surface area contributed by atoms with Gasteiger partial charge in [0.25, 0.3) is 0 Å². The van der Waals surface area contributed by atoms with Crippen molar-refractivity contribution in [3.8, 4) is 0 Å². The average molecular weight is 348 g/mol. The molecule has 7 heteroatoms. The minimum Gasteiger partial charge on any atom is -0.487 e. The molecule has 0 aliphatic carbocycles. The predicted molar refractivity (Wildman–Crippen MR) is 81.4 cm³/mol. The van der Waals surface area contributed by atoms with Gasteiger partial charge in [-0.2, -0.15) is 22.0 Å². The Morgan fingerprint density at radius 1 is 0.773 bits per heavy atom. The molecule has 0 radical (unpaired) electrons. The summed E-state index contributed by atoms with van der Waals surface area (Å²) in [6, 6.07) is 0. The molecule has 0 saturated carbocycles. The van der Waals surface area contributed by atoms with E-state index < -0.39 is 18.5 Å². The molecule has 0 unspecified atom stereocenters. The fourth-order valence-electron chi connectivity index (χ4n) is 2.04. The van der Waals surface area contributed by atoms with Gasteiger partial charge in [0.15, 0.2) is 5.05 Å². The van der Waals surface area contributed by atoms with Crippen LogP contribution in [-0.4, -0.2) is 23.8 Å². The Morgan fingerprint density at radius 2 is 1.18 bits per heavy atom. The van der Waals surface area contributed by atoms with Gasteiger partial charge in [-0.15, -0.1) is 0 Å². The van der Waals surface area contributed by atoms with E-state index in [1.807, 2.05) is 0 Å². The molecule has 0 spiro atoms. The first-order valence-electron chi connectivity index (χ1n) is 7.75. The molecule has 1 nitrogen and oxygen atoms in total. The number of hydrogen-bond acceptors (Lipinski definition) is 2. The minimum absolute atomic E-state index is 0.0826. The van der Waals surface area contributed by atoms with Crippen molar-refractivity contribution in [3.63, 3.8) is 0 Å². The van der Waals surface area contributed by atoms with Gasteiger partial charge in [0, 0.05) is 13.3 Å². The first kappa shape index (κ1) is 21.5. The molecule has 0 fully saturated rings. The summed E-state index contributed by atoms with van der Waals surface area (Å²) in [5.41, 5.74) is 0. The van der Waals surface area contributed by atoms with Gasteiger partial charge in [-0.3, -0.25) is 0 Å². The van der Waals surface area contributed by atoms with Crippen LogP contribution in [0.4, 0.5) is 22.0 Å². The molecule has 0 aliphatic rings. The van der Waals surface area contributed by atoms with Crippen LogP contribution in [0.15, 0.2) is 0 Å². The lowest BCUT2D eigenvalue weighted by Gasteiger charge is -2.19. The van der Waals surface area contributed by atoms with Gasteiger partial charge in [0.2, 0.25) is 0 Å². The van der Waals surface area contributed by atoms with Gasteiger partial charge >= 0.3 is 12.1 Å². The predicted octanol–water partition coefficient (Wildman–Crippen LogP) is 6.45. The van der Waals surface area contributed by atoms with Crippen molar-refractivity contribution in [2.24, 2.45) is 0 Å². The lowest BCUT2D eigenvalue weighted by Crippen LogP contribution is -2.36. The number of halogens is 5. The molecule has 0 aliphatic heterocycles. The summed E-state index contributed by atoms with van der Waals surface area (Å²) in [6.07, 6.45) is 0.543. The quantitative estimate of drug-likeness (QED) is 0.228. The highest BCUT2D eigenvalue weighted by Gasteiger charge is 2.56. The van der Waals surface area contributed by atoms with Crippen molar-refractivity contribution in [1.82, 2.24) is 0 Å². The van der Waals surface area contributed by atoms with Crippen LogP contribution in [0, 0.1) is 0 Å². The lowest BCUT2D eigenvalue weighted by atomic mass is 10.0. The summed E-state index contributed by atoms with van der Waals surface area (Å²) in [4.78, 5) is 0. The number of hydrogen-bond donors (Lipinski definition) is 0. The molecule has 0 saturated heterocycles. The van der Waals surface area contributed by atoms with Gasteiger partial charge < -0.3 is 4.74 Å². The fraction of sp³-hybridized carbons (Fsp3) is 0.933. The van der Waals surface area contributed by atoms with E-state index in [2.05, 4.69) is 0 Å². The van der Waals surface area contributed by atoms with Crippen LogP contribution >= 0.6 is 12.2 Å². The van der Waals surface area contributed by atoms with Crippen LogP contribution in [0.25, 0.3) is 0 Å². The molecule has 22 heavy (non-hydrogen) atoms. The monoisotopic (exact) mass is 348 g/mol. The zero-order valence-corrected chi connectivity index (χ0v) is 13.8. The Labute approximate surface area is 134 Å². The molecule has 0 atom stereocenters. The minimum atomic E-state index is -5.42. The summed E-state index contributed by atoms with van der Waals surface area (Å²) in [5, 5.41) is 0.552. The highest BCUT2D eigenvalue weighted by molar-refractivity contribution is 7.80. The molecule has 0 bridgehead atoms. The van der Waals surface area contributed by atoms with E-state index in [1.54, 1.807) is 6.92 Å². The van der Waals surface area contributed by atoms with Crippen LogP contribution in [0.1, 0.15) is 71.1 Å². The van der Waals surface area contributed by atoms with Gasteiger partial charge in [0.1, 0.15) is 0 Å². The SMILES string of the molecule is CC(=S)OCCCCCCCCCCCC(F)(F)C(F)(F)F. The van der Waals surface area contributed by atoms with Crippen LogP contribution in [-0.2, 0) is 4.74 Å². The van der Waals surface area contributed by atoms with Gasteiger partial charge in [0.05, 0.1) is 6.61 Å². The Hall–Kier alpha value is -0.460. The highest BCUT2D eigenvalue weighted by atomic mass is 32.1. The van der Waals surface area contributed by atoms with E-state index in [-0.39, 0.29) is 6.42 Å². The van der Waals surface area contributed by atoms with E-state index in [4.69, 9.17) is 17.0 Å². The van der Waals surface area contributed by atoms with Crippen LogP contribution < -0.4 is 0 Å². The highest BCUT2D eigenvalue weighted by Crippen LogP contribution is 2.39. The Morgan fingerprint density at radius 3 is 1.59 bits per heavy atom. The summed E-state index contributed by atoms with van der Waals surface area (Å²) in [5.74, 6) is -4.55. The molecular formula is C15H25F5OS. The van der Waals surface area contributed by atoms with E-state index in [0.717, 1.165) is 38.5 Å². The van der Waals surface area contributed by atoms with Crippen LogP contribution in [0.3, 0.4) is 0 Å². The van der Waals surface area contributed by atoms with Crippen molar-refractivity contribution >= 4 is 17.3 Å². The van der Waals surface area contributed by atoms with E-state index in [0.29, 0.717) is 24.5 Å². The second-order valence-electron chi connectivity index (χ2n) is 5.47. The topological polar surface area (TPSA) is 9.23 Å². The number of rotatable bonds is 12. The Balaban J connectivity index is 3.33. The Kier molecular flexibility index (Phi) is 10.9. The average Bonchev–Trinajstić information content (AvgIpc) is 2.38. The third-order valence-electron chi connectivity index (χ3n) is 3.36. The second kappa shape index (κ2) is 11.1. The fourth-order valence-corrected chi connectivity index (χ4v) is 2.13. The van der Waals surface area contributed by atoms with Gasteiger partial charge in [-0.05, 0) is 25.1 Å². The largest absolute Gasteiger partial charge is 0.487 e. The number of alkyl halides is 5. The maximum absolute atomic E-state index is 12.6. The number of thiocarbonyl (C=S) groups is 1. The van der Waals surface area contributed by atoms with Gasteiger partial charge in [-0.1, -0.05) is 44.9 Å². The normalized spacial score (nSPS) is 12.5. The third-order valence-corrected chi connectivity index (χ3v) is 3.47. The first-order valence-corrected chi connectivity index (χ1v) is 8.15. The van der Waals surface area contributed by atoms with E-state index in [9.17, 15) is 22.0 Å². The van der Waals surface area contributed by atoms with Crippen molar-refractivity contribution in [1.29, 1.82) is 0 Å². The molecule has 0 N–H and O–H groups in total. The van der Waals surface area contributed by atoms with Crippen molar-refractivity contribution in [2.45, 2.75) is 83.2 Å². The smallest absolute Gasteiger partial charge is 0.453 e. The van der Waals surface area contributed by atoms with Crippen LogP contribution in [0.2, 0.25) is 0 Å². The Bertz CT molecular complexity index is 305. The molecule has 0 amide bonds. The lowest BCUT2D eigenvalue weighted by molar-refractivity contribution is -0.284. The molecule has 0 aromatic carbocycles. The number of unbranched alkanes of at least 4 members (excludes halogenated alkanes) is 8. The summed E-state index contributed by atoms with van der Waals surface area (Å²) < 4.78 is 66.1. The van der Waals surface area contributed by atoms with E-state index >= 15 is 0 Å².